The minimum absolute atomic E-state index is 0.275. The fourth-order valence-electron chi connectivity index (χ4n) is 2.99. The van der Waals surface area contributed by atoms with Crippen molar-refractivity contribution in [3.05, 3.63) is 0 Å². The topological polar surface area (TPSA) is 39.1 Å². The van der Waals surface area contributed by atoms with Crippen molar-refractivity contribution in [3.8, 4) is 6.07 Å². The molecule has 2 atom stereocenters. The van der Waals surface area contributed by atoms with Crippen molar-refractivity contribution in [2.45, 2.75) is 58.0 Å². The van der Waals surface area contributed by atoms with Gasteiger partial charge < -0.3 is 4.90 Å². The number of nitrogens with zero attached hydrogens (tertiary/aromatic N) is 2. The number of nitrogens with one attached hydrogen (secondary N) is 1. The van der Waals surface area contributed by atoms with Crippen molar-refractivity contribution in [1.29, 1.82) is 5.26 Å². The molecule has 0 aliphatic heterocycles. The molecule has 98 valence electrons. The molecular weight excluding hydrogens is 210 g/mol. The molecule has 0 aromatic rings. The minimum atomic E-state index is -0.275. The zero-order chi connectivity index (χ0) is 12.9. The third-order valence-electron chi connectivity index (χ3n) is 3.73. The lowest BCUT2D eigenvalue weighted by Crippen LogP contribution is -2.52. The molecule has 1 aliphatic carbocycles. The van der Waals surface area contributed by atoms with E-state index in [4.69, 9.17) is 0 Å². The van der Waals surface area contributed by atoms with E-state index in [9.17, 15) is 5.26 Å². The summed E-state index contributed by atoms with van der Waals surface area (Å²) < 4.78 is 0. The fourth-order valence-corrected chi connectivity index (χ4v) is 2.99. The molecule has 0 bridgehead atoms. The first-order chi connectivity index (χ1) is 8.03. The highest BCUT2D eigenvalue weighted by Crippen LogP contribution is 2.30. The Hall–Kier alpha value is -0.590. The molecule has 0 aromatic carbocycles. The maximum absolute atomic E-state index is 9.42. The van der Waals surface area contributed by atoms with E-state index in [-0.39, 0.29) is 5.54 Å². The van der Waals surface area contributed by atoms with Gasteiger partial charge in [-0.2, -0.15) is 5.26 Å². The predicted octanol–water partition coefficient (Wildman–Crippen LogP) is 2.39. The average Bonchev–Trinajstić information content (AvgIpc) is 2.29. The van der Waals surface area contributed by atoms with Gasteiger partial charge in [-0.15, -0.1) is 0 Å². The second kappa shape index (κ2) is 6.37. The number of rotatable bonds is 5. The van der Waals surface area contributed by atoms with Crippen LogP contribution in [-0.2, 0) is 0 Å². The monoisotopic (exact) mass is 237 g/mol. The zero-order valence-electron chi connectivity index (χ0n) is 11.8. The quantitative estimate of drug-likeness (QED) is 0.798. The summed E-state index contributed by atoms with van der Waals surface area (Å²) in [4.78, 5) is 2.44. The van der Waals surface area contributed by atoms with Crippen LogP contribution in [0.1, 0.15) is 46.5 Å². The van der Waals surface area contributed by atoms with E-state index in [1.807, 2.05) is 0 Å². The van der Waals surface area contributed by atoms with E-state index in [0.29, 0.717) is 12.0 Å². The molecule has 0 aromatic heterocycles. The van der Waals surface area contributed by atoms with Gasteiger partial charge in [0.15, 0.2) is 0 Å². The molecule has 0 amide bonds. The minimum Gasteiger partial charge on any atom is -0.303 e. The van der Waals surface area contributed by atoms with Gasteiger partial charge in [0.05, 0.1) is 6.07 Å². The Morgan fingerprint density at radius 2 is 2.24 bits per heavy atom. The highest BCUT2D eigenvalue weighted by Gasteiger charge is 2.37. The predicted molar refractivity (Wildman–Crippen MR) is 71.7 cm³/mol. The summed E-state index contributed by atoms with van der Waals surface area (Å²) in [5.74, 6) is 0.692. The maximum Gasteiger partial charge on any atom is 0.108 e. The van der Waals surface area contributed by atoms with Gasteiger partial charge in [-0.3, -0.25) is 5.32 Å². The first-order valence-corrected chi connectivity index (χ1v) is 6.89. The third kappa shape index (κ3) is 3.97. The van der Waals surface area contributed by atoms with Gasteiger partial charge in [-0.1, -0.05) is 20.8 Å². The summed E-state index contributed by atoms with van der Waals surface area (Å²) in [5, 5.41) is 12.8. The third-order valence-corrected chi connectivity index (χ3v) is 3.73. The lowest BCUT2D eigenvalue weighted by molar-refractivity contribution is 0.134. The fraction of sp³-hybridized carbons (Fsp3) is 0.929. The van der Waals surface area contributed by atoms with Crippen molar-refractivity contribution in [3.63, 3.8) is 0 Å². The van der Waals surface area contributed by atoms with E-state index < -0.39 is 0 Å². The molecule has 0 spiro atoms. The SMILES string of the molecule is CCNC1(C#N)CCCC(N(C)CC(C)C)C1. The van der Waals surface area contributed by atoms with Crippen molar-refractivity contribution in [2.24, 2.45) is 5.92 Å². The van der Waals surface area contributed by atoms with Gasteiger partial charge in [0, 0.05) is 12.6 Å². The summed E-state index contributed by atoms with van der Waals surface area (Å²) in [6, 6.07) is 3.08. The molecule has 3 heteroatoms. The standard InChI is InChI=1S/C14H27N3/c1-5-16-14(11-15)8-6-7-13(9-14)17(4)10-12(2)3/h12-13,16H,5-10H2,1-4H3. The first kappa shape index (κ1) is 14.5. The van der Waals surface area contributed by atoms with Crippen molar-refractivity contribution < 1.29 is 0 Å². The van der Waals surface area contributed by atoms with Crippen LogP contribution in [0, 0.1) is 17.2 Å². The van der Waals surface area contributed by atoms with Gasteiger partial charge >= 0.3 is 0 Å². The van der Waals surface area contributed by atoms with Crippen LogP contribution in [-0.4, -0.2) is 36.6 Å². The Kier molecular flexibility index (Phi) is 5.42. The van der Waals surface area contributed by atoms with Crippen LogP contribution >= 0.6 is 0 Å². The summed E-state index contributed by atoms with van der Waals surface area (Å²) >= 11 is 0. The Morgan fingerprint density at radius 3 is 2.76 bits per heavy atom. The Morgan fingerprint density at radius 1 is 1.53 bits per heavy atom. The molecule has 0 heterocycles. The second-order valence-corrected chi connectivity index (χ2v) is 5.81. The van der Waals surface area contributed by atoms with E-state index >= 15 is 0 Å². The molecule has 1 N–H and O–H groups in total. The summed E-state index contributed by atoms with van der Waals surface area (Å²) in [5.41, 5.74) is -0.275. The highest BCUT2D eigenvalue weighted by molar-refractivity contribution is 5.10. The molecule has 2 unspecified atom stereocenters. The van der Waals surface area contributed by atoms with Gasteiger partial charge in [0.2, 0.25) is 0 Å². The van der Waals surface area contributed by atoms with Gasteiger partial charge in [0.1, 0.15) is 5.54 Å². The number of hydrogen-bond donors (Lipinski definition) is 1. The van der Waals surface area contributed by atoms with Gasteiger partial charge in [0.25, 0.3) is 0 Å². The summed E-state index contributed by atoms with van der Waals surface area (Å²) in [6.45, 7) is 8.59. The van der Waals surface area contributed by atoms with Crippen LogP contribution in [0.5, 0.6) is 0 Å². The molecule has 1 fully saturated rings. The van der Waals surface area contributed by atoms with Crippen LogP contribution in [0.15, 0.2) is 0 Å². The highest BCUT2D eigenvalue weighted by atomic mass is 15.1. The first-order valence-electron chi connectivity index (χ1n) is 6.89. The largest absolute Gasteiger partial charge is 0.303 e. The van der Waals surface area contributed by atoms with Gasteiger partial charge in [-0.05, 0) is 45.2 Å². The number of nitriles is 1. The Balaban J connectivity index is 2.62. The smallest absolute Gasteiger partial charge is 0.108 e. The molecule has 1 rings (SSSR count). The normalized spacial score (nSPS) is 29.6. The molecule has 0 saturated heterocycles. The lowest BCUT2D eigenvalue weighted by Gasteiger charge is -2.40. The van der Waals surface area contributed by atoms with Crippen LogP contribution in [0.3, 0.4) is 0 Å². The molecule has 3 nitrogen and oxygen atoms in total. The van der Waals surface area contributed by atoms with Crippen molar-refractivity contribution in [1.82, 2.24) is 10.2 Å². The molecule has 1 aliphatic rings. The Bertz CT molecular complexity index is 265. The van der Waals surface area contributed by atoms with Crippen LogP contribution in [0.4, 0.5) is 0 Å². The molecule has 17 heavy (non-hydrogen) atoms. The van der Waals surface area contributed by atoms with Crippen LogP contribution in [0.2, 0.25) is 0 Å². The average molecular weight is 237 g/mol. The van der Waals surface area contributed by atoms with E-state index in [0.717, 1.165) is 32.4 Å². The van der Waals surface area contributed by atoms with Crippen LogP contribution < -0.4 is 5.32 Å². The zero-order valence-corrected chi connectivity index (χ0v) is 11.8. The Labute approximate surface area is 106 Å². The van der Waals surface area contributed by atoms with E-state index in [2.05, 4.69) is 44.1 Å². The number of hydrogen-bond acceptors (Lipinski definition) is 3. The lowest BCUT2D eigenvalue weighted by atomic mass is 9.79. The second-order valence-electron chi connectivity index (χ2n) is 5.81. The van der Waals surface area contributed by atoms with Gasteiger partial charge in [-0.25, -0.2) is 0 Å². The van der Waals surface area contributed by atoms with E-state index in [1.165, 1.54) is 6.42 Å². The molecule has 0 radical (unpaired) electrons. The van der Waals surface area contributed by atoms with Crippen molar-refractivity contribution in [2.75, 3.05) is 20.1 Å². The summed E-state index contributed by atoms with van der Waals surface area (Å²) in [6.07, 6.45) is 4.37. The molecular formula is C14H27N3. The maximum atomic E-state index is 9.42. The molecule has 1 saturated carbocycles. The summed E-state index contributed by atoms with van der Waals surface area (Å²) in [7, 11) is 2.20. The van der Waals surface area contributed by atoms with Crippen molar-refractivity contribution >= 4 is 0 Å². The van der Waals surface area contributed by atoms with E-state index in [1.54, 1.807) is 0 Å². The van der Waals surface area contributed by atoms with Crippen LogP contribution in [0.25, 0.3) is 0 Å².